The number of benzene rings is 1. The molecule has 1 aromatic heterocycles. The number of nitrogens with zero attached hydrogens (tertiary/aromatic N) is 1. The number of carbonyl (C=O) groups is 1. The minimum atomic E-state index is -4.79. The number of aryl methyl sites for hydroxylation is 1. The van der Waals surface area contributed by atoms with E-state index in [0.717, 1.165) is 11.8 Å². The summed E-state index contributed by atoms with van der Waals surface area (Å²) in [6, 6.07) is 5.55. The lowest BCUT2D eigenvalue weighted by molar-refractivity contribution is -0.274. The number of nitrogens with one attached hydrogen (secondary N) is 1. The Morgan fingerprint density at radius 1 is 1.36 bits per heavy atom. The molecule has 1 aromatic carbocycles. The summed E-state index contributed by atoms with van der Waals surface area (Å²) in [5, 5.41) is 4.71. The highest BCUT2D eigenvalue weighted by atomic mass is 32.1. The third kappa shape index (κ3) is 4.88. The van der Waals surface area contributed by atoms with Crippen LogP contribution in [0.2, 0.25) is 0 Å². The molecule has 0 fully saturated rings. The highest BCUT2D eigenvalue weighted by Gasteiger charge is 2.31. The summed E-state index contributed by atoms with van der Waals surface area (Å²) >= 11 is 1.26. The average molecular weight is 328 g/mol. The fourth-order valence-electron chi connectivity index (χ4n) is 1.56. The number of hydrogen-bond acceptors (Lipinski definition) is 4. The Kier molecular flexibility index (Phi) is 4.81. The summed E-state index contributed by atoms with van der Waals surface area (Å²) in [5.41, 5.74) is 0.915. The number of thiazole rings is 1. The number of anilines is 1. The zero-order valence-electron chi connectivity index (χ0n) is 11.3. The standard InChI is InChI=1S/C14H11F3N2O2S/c1-9-8-22-13(18-9)19-12(20)7-6-10-4-2-3-5-11(10)21-14(15,16)17/h2-8H,1H3,(H,18,19,20)/b7-6+. The third-order valence-electron chi connectivity index (χ3n) is 2.41. The van der Waals surface area contributed by atoms with Gasteiger partial charge in [-0.2, -0.15) is 0 Å². The van der Waals surface area contributed by atoms with E-state index in [0.29, 0.717) is 5.13 Å². The van der Waals surface area contributed by atoms with Crippen LogP contribution in [-0.4, -0.2) is 17.3 Å². The maximum absolute atomic E-state index is 12.3. The van der Waals surface area contributed by atoms with Crippen LogP contribution in [-0.2, 0) is 4.79 Å². The van der Waals surface area contributed by atoms with Crippen molar-refractivity contribution >= 4 is 28.5 Å². The lowest BCUT2D eigenvalue weighted by Crippen LogP contribution is -2.17. The van der Waals surface area contributed by atoms with Crippen molar-refractivity contribution in [1.29, 1.82) is 0 Å². The second-order valence-corrected chi connectivity index (χ2v) is 5.06. The number of carbonyl (C=O) groups excluding carboxylic acids is 1. The number of ether oxygens (including phenoxy) is 1. The molecule has 0 aliphatic rings. The van der Waals surface area contributed by atoms with Crippen LogP contribution in [0.3, 0.4) is 0 Å². The Morgan fingerprint density at radius 2 is 2.09 bits per heavy atom. The van der Waals surface area contributed by atoms with E-state index >= 15 is 0 Å². The molecule has 22 heavy (non-hydrogen) atoms. The smallest absolute Gasteiger partial charge is 0.405 e. The molecule has 2 rings (SSSR count). The highest BCUT2D eigenvalue weighted by Crippen LogP contribution is 2.27. The van der Waals surface area contributed by atoms with E-state index in [4.69, 9.17) is 0 Å². The molecule has 8 heteroatoms. The van der Waals surface area contributed by atoms with Crippen molar-refractivity contribution in [2.24, 2.45) is 0 Å². The number of hydrogen-bond donors (Lipinski definition) is 1. The van der Waals surface area contributed by atoms with Crippen molar-refractivity contribution in [1.82, 2.24) is 4.98 Å². The van der Waals surface area contributed by atoms with E-state index in [-0.39, 0.29) is 11.3 Å². The monoisotopic (exact) mass is 328 g/mol. The van der Waals surface area contributed by atoms with Gasteiger partial charge in [-0.1, -0.05) is 18.2 Å². The third-order valence-corrected chi connectivity index (χ3v) is 3.28. The van der Waals surface area contributed by atoms with Crippen LogP contribution < -0.4 is 10.1 Å². The molecule has 0 aliphatic heterocycles. The van der Waals surface area contributed by atoms with Gasteiger partial charge >= 0.3 is 6.36 Å². The van der Waals surface area contributed by atoms with Crippen molar-refractivity contribution in [3.05, 3.63) is 47.0 Å². The normalized spacial score (nSPS) is 11.6. The number of amides is 1. The SMILES string of the molecule is Cc1csc(NC(=O)/C=C/c2ccccc2OC(F)(F)F)n1. The molecular weight excluding hydrogens is 317 g/mol. The van der Waals surface area contributed by atoms with Gasteiger partial charge in [0.15, 0.2) is 5.13 Å². The second-order valence-electron chi connectivity index (χ2n) is 4.20. The van der Waals surface area contributed by atoms with Crippen LogP contribution in [0.25, 0.3) is 6.08 Å². The van der Waals surface area contributed by atoms with Gasteiger partial charge in [-0.05, 0) is 19.1 Å². The molecule has 116 valence electrons. The first-order valence-corrected chi connectivity index (χ1v) is 6.97. The Morgan fingerprint density at radius 3 is 2.73 bits per heavy atom. The van der Waals surface area contributed by atoms with Gasteiger partial charge in [0.1, 0.15) is 5.75 Å². The Bertz CT molecular complexity index is 695. The molecule has 0 spiro atoms. The predicted molar refractivity (Wildman–Crippen MR) is 77.6 cm³/mol. The van der Waals surface area contributed by atoms with Crippen LogP contribution in [0.1, 0.15) is 11.3 Å². The molecule has 2 aromatic rings. The highest BCUT2D eigenvalue weighted by molar-refractivity contribution is 7.13. The van der Waals surface area contributed by atoms with Gasteiger partial charge in [0.25, 0.3) is 0 Å². The molecule has 4 nitrogen and oxygen atoms in total. The van der Waals surface area contributed by atoms with Gasteiger partial charge in [-0.25, -0.2) is 4.98 Å². The van der Waals surface area contributed by atoms with Gasteiger partial charge < -0.3 is 4.74 Å². The van der Waals surface area contributed by atoms with Crippen molar-refractivity contribution in [2.75, 3.05) is 5.32 Å². The van der Waals surface area contributed by atoms with Gasteiger partial charge in [0.05, 0.1) is 5.69 Å². The van der Waals surface area contributed by atoms with Gasteiger partial charge in [0.2, 0.25) is 5.91 Å². The van der Waals surface area contributed by atoms with Gasteiger partial charge in [-0.3, -0.25) is 10.1 Å². The van der Waals surface area contributed by atoms with E-state index in [1.807, 2.05) is 0 Å². The first-order chi connectivity index (χ1) is 10.3. The Hall–Kier alpha value is -2.35. The molecule has 0 saturated heterocycles. The maximum Gasteiger partial charge on any atom is 0.573 e. The van der Waals surface area contributed by atoms with Crippen molar-refractivity contribution in [3.63, 3.8) is 0 Å². The van der Waals surface area contributed by atoms with Crippen LogP contribution in [0.4, 0.5) is 18.3 Å². The van der Waals surface area contributed by atoms with Crippen molar-refractivity contribution < 1.29 is 22.7 Å². The van der Waals surface area contributed by atoms with Crippen LogP contribution in [0.5, 0.6) is 5.75 Å². The lowest BCUT2D eigenvalue weighted by Gasteiger charge is -2.10. The molecule has 0 atom stereocenters. The summed E-state index contributed by atoms with van der Waals surface area (Å²) in [6.45, 7) is 1.78. The molecule has 0 unspecified atom stereocenters. The van der Waals surface area contributed by atoms with E-state index in [2.05, 4.69) is 15.0 Å². The Labute approximate surface area is 128 Å². The van der Waals surface area contributed by atoms with Gasteiger partial charge in [-0.15, -0.1) is 24.5 Å². The second kappa shape index (κ2) is 6.61. The summed E-state index contributed by atoms with van der Waals surface area (Å²) in [5.74, 6) is -0.861. The zero-order valence-corrected chi connectivity index (χ0v) is 12.2. The van der Waals surface area contributed by atoms with Gasteiger partial charge in [0, 0.05) is 17.0 Å². The topological polar surface area (TPSA) is 51.2 Å². The molecule has 0 radical (unpaired) electrons. The summed E-state index contributed by atoms with van der Waals surface area (Å²) in [6.07, 6.45) is -2.42. The Balaban J connectivity index is 2.08. The van der Waals surface area contributed by atoms with Crippen LogP contribution >= 0.6 is 11.3 Å². The molecule has 0 saturated carbocycles. The molecule has 1 amide bonds. The maximum atomic E-state index is 12.3. The number of alkyl halides is 3. The average Bonchev–Trinajstić information content (AvgIpc) is 2.81. The quantitative estimate of drug-likeness (QED) is 0.863. The summed E-state index contributed by atoms with van der Waals surface area (Å²) in [7, 11) is 0. The fourth-order valence-corrected chi connectivity index (χ4v) is 2.25. The zero-order chi connectivity index (χ0) is 16.2. The lowest BCUT2D eigenvalue weighted by atomic mass is 10.2. The number of rotatable bonds is 4. The van der Waals surface area contributed by atoms with Crippen LogP contribution in [0.15, 0.2) is 35.7 Å². The number of halogens is 3. The van der Waals surface area contributed by atoms with E-state index in [1.165, 1.54) is 35.6 Å². The number of para-hydroxylation sites is 1. The van der Waals surface area contributed by atoms with E-state index < -0.39 is 12.3 Å². The minimum Gasteiger partial charge on any atom is -0.405 e. The minimum absolute atomic E-state index is 0.144. The predicted octanol–water partition coefficient (Wildman–Crippen LogP) is 4.00. The van der Waals surface area contributed by atoms with Crippen molar-refractivity contribution in [3.8, 4) is 5.75 Å². The summed E-state index contributed by atoms with van der Waals surface area (Å²) in [4.78, 5) is 15.7. The fraction of sp³-hybridized carbons (Fsp3) is 0.143. The molecule has 0 aliphatic carbocycles. The largest absolute Gasteiger partial charge is 0.573 e. The van der Waals surface area contributed by atoms with Crippen molar-refractivity contribution in [2.45, 2.75) is 13.3 Å². The molecule has 1 heterocycles. The molecular formula is C14H11F3N2O2S. The van der Waals surface area contributed by atoms with E-state index in [9.17, 15) is 18.0 Å². The molecule has 1 N–H and O–H groups in total. The summed E-state index contributed by atoms with van der Waals surface area (Å²) < 4.78 is 40.7. The first-order valence-electron chi connectivity index (χ1n) is 6.09. The molecule has 0 bridgehead atoms. The van der Waals surface area contributed by atoms with E-state index in [1.54, 1.807) is 18.4 Å². The number of aromatic nitrogens is 1. The first kappa shape index (κ1) is 16.0. The van der Waals surface area contributed by atoms with Crippen LogP contribution in [0, 0.1) is 6.92 Å².